The number of carboxylic acids is 1. The normalized spacial score (nSPS) is 14.7. The fourth-order valence-corrected chi connectivity index (χ4v) is 5.02. The van der Waals surface area contributed by atoms with Crippen LogP contribution in [0.1, 0.15) is 56.3 Å². The molecule has 0 bridgehead atoms. The summed E-state index contributed by atoms with van der Waals surface area (Å²) in [4.78, 5) is 27.7. The van der Waals surface area contributed by atoms with E-state index < -0.39 is 5.97 Å². The highest BCUT2D eigenvalue weighted by Crippen LogP contribution is 2.36. The Morgan fingerprint density at radius 2 is 1.37 bits per heavy atom. The van der Waals surface area contributed by atoms with Crippen molar-refractivity contribution in [3.8, 4) is 11.1 Å². The Morgan fingerprint density at radius 1 is 0.743 bits per heavy atom. The molecular formula is C31H27NO3. The maximum Gasteiger partial charge on any atom is 0.336 e. The molecule has 4 aromatic carbocycles. The van der Waals surface area contributed by atoms with Crippen LogP contribution in [0.15, 0.2) is 103 Å². The lowest BCUT2D eigenvalue weighted by atomic mass is 9.86. The van der Waals surface area contributed by atoms with Crippen molar-refractivity contribution in [2.24, 2.45) is 0 Å². The van der Waals surface area contributed by atoms with E-state index in [-0.39, 0.29) is 23.1 Å². The van der Waals surface area contributed by atoms with Gasteiger partial charge in [0, 0.05) is 6.54 Å². The van der Waals surface area contributed by atoms with Gasteiger partial charge in [0.15, 0.2) is 0 Å². The van der Waals surface area contributed by atoms with Crippen LogP contribution in [0.25, 0.3) is 11.1 Å². The van der Waals surface area contributed by atoms with Gasteiger partial charge in [0.1, 0.15) is 0 Å². The molecule has 0 spiro atoms. The molecule has 0 saturated carbocycles. The molecule has 1 N–H and O–H groups in total. The molecule has 0 heterocycles. The van der Waals surface area contributed by atoms with Gasteiger partial charge >= 0.3 is 5.97 Å². The number of amides is 1. The molecule has 1 aliphatic carbocycles. The summed E-state index contributed by atoms with van der Waals surface area (Å²) in [5.74, 6) is -1.35. The van der Waals surface area contributed by atoms with Crippen LogP contribution >= 0.6 is 0 Å². The summed E-state index contributed by atoms with van der Waals surface area (Å²) in [5, 5.41) is 9.72. The number of hydrogen-bond donors (Lipinski definition) is 1. The second kappa shape index (κ2) is 9.98. The van der Waals surface area contributed by atoms with Crippen LogP contribution in [0.4, 0.5) is 0 Å². The first-order valence-electron chi connectivity index (χ1n) is 12.0. The predicted octanol–water partition coefficient (Wildman–Crippen LogP) is 6.77. The molecule has 0 radical (unpaired) electrons. The van der Waals surface area contributed by atoms with Crippen molar-refractivity contribution >= 4 is 11.9 Å². The van der Waals surface area contributed by atoms with Crippen LogP contribution in [0, 0.1) is 0 Å². The summed E-state index contributed by atoms with van der Waals surface area (Å²) < 4.78 is 0. The lowest BCUT2D eigenvalue weighted by Gasteiger charge is -2.36. The van der Waals surface area contributed by atoms with Crippen molar-refractivity contribution in [2.75, 3.05) is 0 Å². The average molecular weight is 462 g/mol. The molecule has 0 aromatic heterocycles. The molecule has 4 heteroatoms. The standard InChI is InChI=1S/C31H27NO3/c33-30(27-14-6-7-15-28(27)31(34)35)32(29-16-8-12-25-11-4-5-13-26(25)29)21-22-17-19-24(20-18-22)23-9-2-1-3-10-23/h1-7,9-11,13-15,17-20,29H,8,12,16,21H2,(H,34,35)/t29-/m0/s1. The number of carbonyl (C=O) groups is 2. The zero-order valence-electron chi connectivity index (χ0n) is 19.4. The van der Waals surface area contributed by atoms with Crippen molar-refractivity contribution in [2.45, 2.75) is 31.8 Å². The predicted molar refractivity (Wildman–Crippen MR) is 137 cm³/mol. The Hall–Kier alpha value is -4.18. The average Bonchev–Trinajstić information content (AvgIpc) is 2.92. The van der Waals surface area contributed by atoms with Gasteiger partial charge < -0.3 is 10.0 Å². The van der Waals surface area contributed by atoms with E-state index in [1.54, 1.807) is 18.2 Å². The second-order valence-electron chi connectivity index (χ2n) is 8.95. The monoisotopic (exact) mass is 461 g/mol. The van der Waals surface area contributed by atoms with Crippen LogP contribution < -0.4 is 0 Å². The Balaban J connectivity index is 1.52. The third kappa shape index (κ3) is 4.73. The van der Waals surface area contributed by atoms with Crippen molar-refractivity contribution in [1.82, 2.24) is 4.90 Å². The van der Waals surface area contributed by atoms with Gasteiger partial charge in [0.2, 0.25) is 0 Å². The second-order valence-corrected chi connectivity index (χ2v) is 8.95. The highest BCUT2D eigenvalue weighted by molar-refractivity contribution is 6.04. The highest BCUT2D eigenvalue weighted by Gasteiger charge is 2.31. The molecule has 0 unspecified atom stereocenters. The molecule has 1 atom stereocenters. The molecule has 0 aliphatic heterocycles. The van der Waals surface area contributed by atoms with E-state index in [1.807, 2.05) is 35.2 Å². The van der Waals surface area contributed by atoms with E-state index >= 15 is 0 Å². The molecule has 0 saturated heterocycles. The van der Waals surface area contributed by atoms with Crippen LogP contribution in [0.5, 0.6) is 0 Å². The minimum absolute atomic E-state index is 0.0334. The minimum atomic E-state index is -1.09. The van der Waals surface area contributed by atoms with Crippen molar-refractivity contribution in [3.63, 3.8) is 0 Å². The summed E-state index contributed by atoms with van der Waals surface area (Å²) >= 11 is 0. The summed E-state index contributed by atoms with van der Waals surface area (Å²) in [7, 11) is 0. The van der Waals surface area contributed by atoms with Crippen LogP contribution in [-0.2, 0) is 13.0 Å². The third-order valence-corrected chi connectivity index (χ3v) is 6.78. The van der Waals surface area contributed by atoms with E-state index in [9.17, 15) is 14.7 Å². The third-order valence-electron chi connectivity index (χ3n) is 6.78. The number of benzene rings is 4. The fourth-order valence-electron chi connectivity index (χ4n) is 5.02. The van der Waals surface area contributed by atoms with Crippen LogP contribution in [0.3, 0.4) is 0 Å². The molecule has 174 valence electrons. The van der Waals surface area contributed by atoms with Gasteiger partial charge in [-0.2, -0.15) is 0 Å². The van der Waals surface area contributed by atoms with Gasteiger partial charge in [-0.25, -0.2) is 4.79 Å². The number of nitrogens with zero attached hydrogens (tertiary/aromatic N) is 1. The summed E-state index contributed by atoms with van der Waals surface area (Å²) in [6.45, 7) is 0.404. The maximum atomic E-state index is 13.9. The van der Waals surface area contributed by atoms with E-state index in [0.717, 1.165) is 41.5 Å². The topological polar surface area (TPSA) is 57.6 Å². The smallest absolute Gasteiger partial charge is 0.336 e. The first-order chi connectivity index (χ1) is 17.1. The maximum absolute atomic E-state index is 13.9. The Labute approximate surface area is 205 Å². The molecule has 0 fully saturated rings. The van der Waals surface area contributed by atoms with Gasteiger partial charge in [0.25, 0.3) is 5.91 Å². The van der Waals surface area contributed by atoms with Crippen molar-refractivity contribution < 1.29 is 14.7 Å². The van der Waals surface area contributed by atoms with Crippen molar-refractivity contribution in [3.05, 3.63) is 131 Å². The molecule has 35 heavy (non-hydrogen) atoms. The van der Waals surface area contributed by atoms with Gasteiger partial charge in [-0.1, -0.05) is 91.0 Å². The van der Waals surface area contributed by atoms with E-state index in [0.29, 0.717) is 6.54 Å². The van der Waals surface area contributed by atoms with Crippen LogP contribution in [0.2, 0.25) is 0 Å². The number of rotatable bonds is 6. The minimum Gasteiger partial charge on any atom is -0.478 e. The Kier molecular flexibility index (Phi) is 6.44. The Bertz CT molecular complexity index is 1350. The van der Waals surface area contributed by atoms with Crippen LogP contribution in [-0.4, -0.2) is 21.9 Å². The van der Waals surface area contributed by atoms with Crippen molar-refractivity contribution in [1.29, 1.82) is 0 Å². The number of carbonyl (C=O) groups excluding carboxylic acids is 1. The first kappa shape index (κ1) is 22.6. The lowest BCUT2D eigenvalue weighted by Crippen LogP contribution is -2.37. The highest BCUT2D eigenvalue weighted by atomic mass is 16.4. The molecule has 1 amide bonds. The molecular weight excluding hydrogens is 434 g/mol. The number of fused-ring (bicyclic) bond motifs is 1. The van der Waals surface area contributed by atoms with E-state index in [2.05, 4.69) is 48.5 Å². The van der Waals surface area contributed by atoms with Gasteiger partial charge in [-0.05, 0) is 59.2 Å². The Morgan fingerprint density at radius 3 is 2.11 bits per heavy atom. The fraction of sp³-hybridized carbons (Fsp3) is 0.161. The number of aryl methyl sites for hydroxylation is 1. The summed E-state index contributed by atoms with van der Waals surface area (Å²) in [6.07, 6.45) is 2.82. The molecule has 4 aromatic rings. The zero-order chi connectivity index (χ0) is 24.2. The lowest BCUT2D eigenvalue weighted by molar-refractivity contribution is 0.0615. The number of hydrogen-bond acceptors (Lipinski definition) is 2. The number of carboxylic acid groups (broad SMARTS) is 1. The summed E-state index contributed by atoms with van der Waals surface area (Å²) in [6, 6.07) is 33.1. The molecule has 5 rings (SSSR count). The quantitative estimate of drug-likeness (QED) is 0.345. The van der Waals surface area contributed by atoms with Gasteiger partial charge in [0.05, 0.1) is 17.2 Å². The zero-order valence-corrected chi connectivity index (χ0v) is 19.4. The molecule has 1 aliphatic rings. The van der Waals surface area contributed by atoms with E-state index in [1.165, 1.54) is 11.6 Å². The SMILES string of the molecule is O=C(O)c1ccccc1C(=O)N(Cc1ccc(-c2ccccc2)cc1)[C@H]1CCCc2ccccc21. The molecule has 4 nitrogen and oxygen atoms in total. The van der Waals surface area contributed by atoms with Gasteiger partial charge in [-0.3, -0.25) is 4.79 Å². The van der Waals surface area contributed by atoms with Gasteiger partial charge in [-0.15, -0.1) is 0 Å². The number of aromatic carboxylic acids is 1. The first-order valence-corrected chi connectivity index (χ1v) is 12.0. The summed E-state index contributed by atoms with van der Waals surface area (Å²) in [5.41, 5.74) is 5.94. The van der Waals surface area contributed by atoms with E-state index in [4.69, 9.17) is 0 Å². The largest absolute Gasteiger partial charge is 0.478 e.